The molecule has 1 N–H and O–H groups in total. The average molecular weight is 468 g/mol. The summed E-state index contributed by atoms with van der Waals surface area (Å²) in [6.07, 6.45) is 1.74. The van der Waals surface area contributed by atoms with Crippen molar-refractivity contribution in [3.8, 4) is 0 Å². The summed E-state index contributed by atoms with van der Waals surface area (Å²) in [4.78, 5) is 45.9. The zero-order valence-corrected chi connectivity index (χ0v) is 19.2. The number of hydrogen-bond acceptors (Lipinski definition) is 5. The van der Waals surface area contributed by atoms with Crippen LogP contribution in [0.1, 0.15) is 12.0 Å². The third kappa shape index (κ3) is 5.40. The summed E-state index contributed by atoms with van der Waals surface area (Å²) in [7, 11) is 0. The quantitative estimate of drug-likeness (QED) is 0.602. The van der Waals surface area contributed by atoms with E-state index in [1.807, 2.05) is 36.1 Å². The van der Waals surface area contributed by atoms with E-state index in [4.69, 9.17) is 11.6 Å². The van der Waals surface area contributed by atoms with Gasteiger partial charge in [0.2, 0.25) is 11.8 Å². The van der Waals surface area contributed by atoms with Crippen molar-refractivity contribution in [3.05, 3.63) is 69.7 Å². The molecule has 0 radical (unpaired) electrons. The molecule has 1 aliphatic rings. The van der Waals surface area contributed by atoms with E-state index in [2.05, 4.69) is 10.3 Å². The Morgan fingerprint density at radius 2 is 1.82 bits per heavy atom. The van der Waals surface area contributed by atoms with Gasteiger partial charge < -0.3 is 10.2 Å². The monoisotopic (exact) mass is 467 g/mol. The third-order valence-electron chi connectivity index (χ3n) is 5.86. The summed E-state index contributed by atoms with van der Waals surface area (Å²) in [6, 6.07) is 12.6. The van der Waals surface area contributed by atoms with E-state index >= 15 is 0 Å². The molecule has 1 aliphatic heterocycles. The van der Waals surface area contributed by atoms with Crippen LogP contribution in [0.4, 0.5) is 5.69 Å². The van der Waals surface area contributed by atoms with Crippen LogP contribution in [-0.2, 0) is 16.1 Å². The largest absolute Gasteiger partial charge is 0.340 e. The number of nitrogens with one attached hydrogen (secondary N) is 1. The maximum atomic E-state index is 12.7. The van der Waals surface area contributed by atoms with Crippen LogP contribution in [0.5, 0.6) is 0 Å². The van der Waals surface area contributed by atoms with Crippen LogP contribution in [0.3, 0.4) is 0 Å². The van der Waals surface area contributed by atoms with E-state index in [0.717, 1.165) is 5.56 Å². The summed E-state index contributed by atoms with van der Waals surface area (Å²) in [6.45, 7) is 4.75. The summed E-state index contributed by atoms with van der Waals surface area (Å²) in [5, 5.41) is 3.88. The second-order valence-corrected chi connectivity index (χ2v) is 8.56. The van der Waals surface area contributed by atoms with Crippen molar-refractivity contribution in [2.24, 2.45) is 0 Å². The molecule has 8 nitrogen and oxygen atoms in total. The van der Waals surface area contributed by atoms with Crippen LogP contribution < -0.4 is 10.9 Å². The van der Waals surface area contributed by atoms with Crippen LogP contribution in [0.2, 0.25) is 5.02 Å². The van der Waals surface area contributed by atoms with E-state index in [-0.39, 0.29) is 36.9 Å². The molecule has 0 saturated carbocycles. The van der Waals surface area contributed by atoms with Gasteiger partial charge in [-0.15, -0.1) is 0 Å². The van der Waals surface area contributed by atoms with Crippen LogP contribution >= 0.6 is 11.6 Å². The first-order valence-electron chi connectivity index (χ1n) is 10.9. The first-order chi connectivity index (χ1) is 15.9. The topological polar surface area (TPSA) is 87.5 Å². The molecule has 0 bridgehead atoms. The van der Waals surface area contributed by atoms with Crippen molar-refractivity contribution in [1.29, 1.82) is 0 Å². The molecule has 2 amide bonds. The molecule has 172 valence electrons. The van der Waals surface area contributed by atoms with Crippen LogP contribution in [0.15, 0.2) is 53.6 Å². The van der Waals surface area contributed by atoms with E-state index in [0.29, 0.717) is 47.8 Å². The summed E-state index contributed by atoms with van der Waals surface area (Å²) < 4.78 is 1.50. The molecule has 0 unspecified atom stereocenters. The van der Waals surface area contributed by atoms with Crippen molar-refractivity contribution >= 4 is 40.0 Å². The first-order valence-corrected chi connectivity index (χ1v) is 11.3. The second kappa shape index (κ2) is 10.1. The highest BCUT2D eigenvalue weighted by atomic mass is 35.5. The van der Waals surface area contributed by atoms with Crippen LogP contribution in [-0.4, -0.2) is 63.9 Å². The van der Waals surface area contributed by atoms with E-state index in [1.165, 1.54) is 10.9 Å². The molecule has 0 aliphatic carbocycles. The molecule has 0 spiro atoms. The smallest absolute Gasteiger partial charge is 0.261 e. The molecule has 4 rings (SSSR count). The molecular weight excluding hydrogens is 442 g/mol. The molecule has 0 atom stereocenters. The lowest BCUT2D eigenvalue weighted by Crippen LogP contribution is -2.50. The Hall–Kier alpha value is -3.23. The standard InChI is InChI=1S/C24H26ClN5O3/c1-17-5-4-6-18-23(17)26-16-30(24(18)33)10-9-22(32)29-13-11-28(12-14-29)15-21(31)27-20-8-3-2-7-19(20)25/h2-8,16H,9-15H2,1H3,(H,27,31). The highest BCUT2D eigenvalue weighted by Gasteiger charge is 2.22. The molecular formula is C24H26ClN5O3. The van der Waals surface area contributed by atoms with Crippen molar-refractivity contribution in [2.45, 2.75) is 19.9 Å². The maximum absolute atomic E-state index is 12.7. The second-order valence-electron chi connectivity index (χ2n) is 8.15. The minimum atomic E-state index is -0.138. The summed E-state index contributed by atoms with van der Waals surface area (Å²) in [5.74, 6) is -0.146. The predicted octanol–water partition coefficient (Wildman–Crippen LogP) is 2.53. The average Bonchev–Trinajstić information content (AvgIpc) is 2.81. The zero-order valence-electron chi connectivity index (χ0n) is 18.5. The van der Waals surface area contributed by atoms with Gasteiger partial charge in [-0.05, 0) is 30.7 Å². The van der Waals surface area contributed by atoms with Gasteiger partial charge in [-0.1, -0.05) is 35.9 Å². The van der Waals surface area contributed by atoms with E-state index in [9.17, 15) is 14.4 Å². The highest BCUT2D eigenvalue weighted by molar-refractivity contribution is 6.33. The normalized spacial score (nSPS) is 14.4. The number of piperazine rings is 1. The molecule has 9 heteroatoms. The third-order valence-corrected chi connectivity index (χ3v) is 6.19. The van der Waals surface area contributed by atoms with Gasteiger partial charge in [-0.25, -0.2) is 4.98 Å². The SMILES string of the molecule is Cc1cccc2c(=O)n(CCC(=O)N3CCN(CC(=O)Nc4ccccc4Cl)CC3)cnc12. The number of amides is 2. The molecule has 2 heterocycles. The number of benzene rings is 2. The minimum Gasteiger partial charge on any atom is -0.340 e. The molecule has 33 heavy (non-hydrogen) atoms. The number of anilines is 1. The Labute approximate surface area is 196 Å². The van der Waals surface area contributed by atoms with Gasteiger partial charge in [0.1, 0.15) is 0 Å². The fourth-order valence-electron chi connectivity index (χ4n) is 3.98. The number of nitrogens with zero attached hydrogens (tertiary/aromatic N) is 4. The number of halogens is 1. The number of carbonyl (C=O) groups is 2. The number of aryl methyl sites for hydroxylation is 2. The van der Waals surface area contributed by atoms with Gasteiger partial charge >= 0.3 is 0 Å². The summed E-state index contributed by atoms with van der Waals surface area (Å²) in [5.41, 5.74) is 2.10. The van der Waals surface area contributed by atoms with Crippen LogP contribution in [0.25, 0.3) is 10.9 Å². The van der Waals surface area contributed by atoms with Gasteiger partial charge in [0.05, 0.1) is 34.5 Å². The fourth-order valence-corrected chi connectivity index (χ4v) is 4.16. The van der Waals surface area contributed by atoms with Crippen molar-refractivity contribution in [3.63, 3.8) is 0 Å². The fraction of sp³-hybridized carbons (Fsp3) is 0.333. The Morgan fingerprint density at radius 1 is 1.06 bits per heavy atom. The Kier molecular flexibility index (Phi) is 7.05. The first kappa shape index (κ1) is 22.9. The molecule has 1 fully saturated rings. The number of para-hydroxylation sites is 2. The van der Waals surface area contributed by atoms with Gasteiger partial charge in [0, 0.05) is 39.1 Å². The van der Waals surface area contributed by atoms with Gasteiger partial charge in [-0.3, -0.25) is 23.9 Å². The number of aromatic nitrogens is 2. The van der Waals surface area contributed by atoms with Gasteiger partial charge in [0.15, 0.2) is 0 Å². The number of fused-ring (bicyclic) bond motifs is 1. The zero-order chi connectivity index (χ0) is 23.4. The van der Waals surface area contributed by atoms with Gasteiger partial charge in [0.25, 0.3) is 5.56 Å². The van der Waals surface area contributed by atoms with Gasteiger partial charge in [-0.2, -0.15) is 0 Å². The van der Waals surface area contributed by atoms with Crippen molar-refractivity contribution in [2.75, 3.05) is 38.0 Å². The lowest BCUT2D eigenvalue weighted by atomic mass is 10.1. The highest BCUT2D eigenvalue weighted by Crippen LogP contribution is 2.20. The summed E-state index contributed by atoms with van der Waals surface area (Å²) >= 11 is 6.09. The predicted molar refractivity (Wildman–Crippen MR) is 128 cm³/mol. The molecule has 2 aromatic carbocycles. The molecule has 3 aromatic rings. The minimum absolute atomic E-state index is 0.00796. The van der Waals surface area contributed by atoms with Crippen LogP contribution in [0, 0.1) is 6.92 Å². The molecule has 1 aromatic heterocycles. The van der Waals surface area contributed by atoms with E-state index < -0.39 is 0 Å². The lowest BCUT2D eigenvalue weighted by Gasteiger charge is -2.34. The van der Waals surface area contributed by atoms with Crippen molar-refractivity contribution in [1.82, 2.24) is 19.4 Å². The Balaban J connectivity index is 1.26. The van der Waals surface area contributed by atoms with Crippen molar-refractivity contribution < 1.29 is 9.59 Å². The maximum Gasteiger partial charge on any atom is 0.261 e. The lowest BCUT2D eigenvalue weighted by molar-refractivity contribution is -0.133. The number of rotatable bonds is 6. The Bertz CT molecular complexity index is 1230. The van der Waals surface area contributed by atoms with E-state index in [1.54, 1.807) is 23.1 Å². The number of hydrogen-bond donors (Lipinski definition) is 1. The molecule has 1 saturated heterocycles. The Morgan fingerprint density at radius 3 is 2.58 bits per heavy atom. The number of carbonyl (C=O) groups excluding carboxylic acids is 2.